The average Bonchev–Trinajstić information content (AvgIpc) is 3.01. The van der Waals surface area contributed by atoms with Crippen LogP contribution in [-0.4, -0.2) is 10.2 Å². The molecule has 0 radical (unpaired) electrons. The Morgan fingerprint density at radius 2 is 1.70 bits per heavy atom. The van der Waals surface area contributed by atoms with Gasteiger partial charge in [-0.05, 0) is 86.0 Å². The summed E-state index contributed by atoms with van der Waals surface area (Å²) in [5.74, 6) is 0.418. The van der Waals surface area contributed by atoms with E-state index < -0.39 is 0 Å². The Hall–Kier alpha value is -1.06. The predicted molar refractivity (Wildman–Crippen MR) is 150 cm³/mol. The zero-order valence-electron chi connectivity index (χ0n) is 16.5. The molecule has 33 heavy (non-hydrogen) atoms. The van der Waals surface area contributed by atoms with Gasteiger partial charge >= 0.3 is 0 Å². The van der Waals surface area contributed by atoms with Crippen molar-refractivity contribution in [3.8, 4) is 5.75 Å². The number of thioether (sulfide) groups is 1. The Morgan fingerprint density at radius 3 is 2.36 bits per heavy atom. The molecule has 0 aliphatic carbocycles. The molecule has 1 fully saturated rings. The Kier molecular flexibility index (Phi) is 8.11. The number of benzene rings is 3. The van der Waals surface area contributed by atoms with E-state index in [2.05, 4.69) is 31.9 Å². The van der Waals surface area contributed by atoms with Crippen molar-refractivity contribution < 1.29 is 9.53 Å². The van der Waals surface area contributed by atoms with Crippen LogP contribution in [0, 0.1) is 0 Å². The van der Waals surface area contributed by atoms with Crippen molar-refractivity contribution in [2.24, 2.45) is 0 Å². The van der Waals surface area contributed by atoms with Crippen LogP contribution < -0.4 is 9.64 Å². The molecule has 0 spiro atoms. The maximum Gasteiger partial charge on any atom is 0.270 e. The summed E-state index contributed by atoms with van der Waals surface area (Å²) < 4.78 is 7.86. The molecule has 1 aliphatic rings. The number of hydrogen-bond donors (Lipinski definition) is 0. The van der Waals surface area contributed by atoms with E-state index in [9.17, 15) is 4.79 Å². The normalized spacial score (nSPS) is 14.9. The van der Waals surface area contributed by atoms with Crippen LogP contribution >= 0.6 is 90.6 Å². The van der Waals surface area contributed by atoms with Gasteiger partial charge in [-0.3, -0.25) is 9.69 Å². The maximum absolute atomic E-state index is 13.0. The summed E-state index contributed by atoms with van der Waals surface area (Å²) in [7, 11) is 0. The van der Waals surface area contributed by atoms with Gasteiger partial charge in [-0.2, -0.15) is 0 Å². The van der Waals surface area contributed by atoms with Gasteiger partial charge in [0.2, 0.25) is 0 Å². The Morgan fingerprint density at radius 1 is 1.00 bits per heavy atom. The van der Waals surface area contributed by atoms with Crippen LogP contribution in [0.2, 0.25) is 15.1 Å². The summed E-state index contributed by atoms with van der Waals surface area (Å²) in [4.78, 5) is 15.0. The molecule has 1 saturated heterocycles. The highest BCUT2D eigenvalue weighted by atomic mass is 79.9. The minimum atomic E-state index is -0.197. The quantitative estimate of drug-likeness (QED) is 0.201. The molecule has 168 valence electrons. The van der Waals surface area contributed by atoms with Crippen LogP contribution in [0.3, 0.4) is 0 Å². The zero-order valence-corrected chi connectivity index (χ0v) is 23.5. The van der Waals surface area contributed by atoms with Crippen molar-refractivity contribution in [3.05, 3.63) is 94.6 Å². The van der Waals surface area contributed by atoms with Crippen molar-refractivity contribution in [3.63, 3.8) is 0 Å². The maximum atomic E-state index is 13.0. The predicted octanol–water partition coefficient (Wildman–Crippen LogP) is 9.16. The summed E-state index contributed by atoms with van der Waals surface area (Å²) in [5, 5.41) is 1.64. The van der Waals surface area contributed by atoms with Crippen LogP contribution in [0.15, 0.2) is 68.4 Å². The largest absolute Gasteiger partial charge is 0.486 e. The standard InChI is InChI=1S/C23H12Br2Cl3NO2S2/c24-17-6-12(7-18(25)21(17)31-11-13-4-5-15(27)10-19(13)28)8-20-22(30)29(23(32)33-20)16-3-1-2-14(26)9-16/h1-10H,11H2/b20-8-. The van der Waals surface area contributed by atoms with E-state index >= 15 is 0 Å². The molecule has 3 nitrogen and oxygen atoms in total. The molecule has 1 aliphatic heterocycles. The van der Waals surface area contributed by atoms with E-state index in [-0.39, 0.29) is 12.5 Å². The topological polar surface area (TPSA) is 29.5 Å². The minimum absolute atomic E-state index is 0.197. The molecule has 0 unspecified atom stereocenters. The zero-order chi connectivity index (χ0) is 23.7. The molecule has 0 atom stereocenters. The number of hydrogen-bond acceptors (Lipinski definition) is 4. The molecule has 0 aromatic heterocycles. The van der Waals surface area contributed by atoms with Crippen LogP contribution in [0.25, 0.3) is 6.08 Å². The smallest absolute Gasteiger partial charge is 0.270 e. The summed E-state index contributed by atoms with van der Waals surface area (Å²) in [5.41, 5.74) is 2.26. The molecule has 3 aromatic rings. The van der Waals surface area contributed by atoms with E-state index in [1.165, 1.54) is 16.7 Å². The molecule has 1 amide bonds. The van der Waals surface area contributed by atoms with Gasteiger partial charge in [0.15, 0.2) is 4.32 Å². The first kappa shape index (κ1) is 25.0. The molecule has 3 aromatic carbocycles. The number of amides is 1. The van der Waals surface area contributed by atoms with E-state index in [1.807, 2.05) is 18.2 Å². The summed E-state index contributed by atoms with van der Waals surface area (Å²) >= 11 is 32.0. The average molecular weight is 665 g/mol. The number of carbonyl (C=O) groups excluding carboxylic acids is 1. The number of rotatable bonds is 5. The Labute approximate surface area is 232 Å². The van der Waals surface area contributed by atoms with Crippen LogP contribution in [-0.2, 0) is 11.4 Å². The second-order valence-electron chi connectivity index (χ2n) is 6.84. The summed E-state index contributed by atoms with van der Waals surface area (Å²) in [6.07, 6.45) is 1.79. The fourth-order valence-corrected chi connectivity index (χ4v) is 6.44. The third-order valence-corrected chi connectivity index (χ3v) is 7.87. The SMILES string of the molecule is O=C1/C(=C/c2cc(Br)c(OCc3ccc(Cl)cc3Cl)c(Br)c2)SC(=S)N1c1cccc(Cl)c1. The second-order valence-corrected chi connectivity index (χ2v) is 11.5. The number of ether oxygens (including phenoxy) is 1. The highest BCUT2D eigenvalue weighted by Crippen LogP contribution is 2.40. The van der Waals surface area contributed by atoms with Crippen molar-refractivity contribution >= 4 is 113 Å². The van der Waals surface area contributed by atoms with E-state index in [1.54, 1.807) is 42.5 Å². The van der Waals surface area contributed by atoms with Gasteiger partial charge in [0.25, 0.3) is 5.91 Å². The fourth-order valence-electron chi connectivity index (χ4n) is 3.05. The first-order chi connectivity index (χ1) is 15.7. The van der Waals surface area contributed by atoms with Gasteiger partial charge < -0.3 is 4.74 Å². The van der Waals surface area contributed by atoms with Gasteiger partial charge in [-0.25, -0.2) is 0 Å². The highest BCUT2D eigenvalue weighted by molar-refractivity contribution is 9.11. The lowest BCUT2D eigenvalue weighted by Crippen LogP contribution is -2.27. The second kappa shape index (κ2) is 10.7. The van der Waals surface area contributed by atoms with Gasteiger partial charge in [-0.15, -0.1) is 0 Å². The van der Waals surface area contributed by atoms with Gasteiger partial charge in [0, 0.05) is 20.6 Å². The number of thiocarbonyl (C=S) groups is 1. The number of halogens is 5. The van der Waals surface area contributed by atoms with Crippen LogP contribution in [0.4, 0.5) is 5.69 Å². The summed E-state index contributed by atoms with van der Waals surface area (Å²) in [6, 6.07) is 16.0. The van der Waals surface area contributed by atoms with Crippen molar-refractivity contribution in [2.45, 2.75) is 6.61 Å². The number of nitrogens with zero attached hydrogens (tertiary/aromatic N) is 1. The van der Waals surface area contributed by atoms with E-state index in [4.69, 9.17) is 51.8 Å². The molecular formula is C23H12Br2Cl3NO2S2. The lowest BCUT2D eigenvalue weighted by molar-refractivity contribution is -0.113. The van der Waals surface area contributed by atoms with E-state index in [0.29, 0.717) is 35.7 Å². The molecular weight excluding hydrogens is 653 g/mol. The lowest BCUT2D eigenvalue weighted by atomic mass is 10.2. The van der Waals surface area contributed by atoms with Gasteiger partial charge in [0.1, 0.15) is 12.4 Å². The third kappa shape index (κ3) is 5.78. The van der Waals surface area contributed by atoms with Gasteiger partial charge in [0.05, 0.1) is 19.5 Å². The third-order valence-electron chi connectivity index (χ3n) is 4.57. The molecule has 10 heteroatoms. The number of anilines is 1. The first-order valence-electron chi connectivity index (χ1n) is 9.32. The number of carbonyl (C=O) groups is 1. The van der Waals surface area contributed by atoms with E-state index in [0.717, 1.165) is 20.1 Å². The molecule has 0 bridgehead atoms. The first-order valence-corrected chi connectivity index (χ1v) is 13.3. The Bertz CT molecular complexity index is 1290. The van der Waals surface area contributed by atoms with Crippen molar-refractivity contribution in [1.29, 1.82) is 0 Å². The monoisotopic (exact) mass is 661 g/mol. The van der Waals surface area contributed by atoms with Crippen LogP contribution in [0.1, 0.15) is 11.1 Å². The Balaban J connectivity index is 1.55. The molecule has 0 N–H and O–H groups in total. The molecule has 4 rings (SSSR count). The van der Waals surface area contributed by atoms with Crippen LogP contribution in [0.5, 0.6) is 5.75 Å². The molecule has 0 saturated carbocycles. The lowest BCUT2D eigenvalue weighted by Gasteiger charge is -2.14. The molecule has 1 heterocycles. The minimum Gasteiger partial charge on any atom is -0.486 e. The van der Waals surface area contributed by atoms with Crippen molar-refractivity contribution in [1.82, 2.24) is 0 Å². The van der Waals surface area contributed by atoms with Crippen molar-refractivity contribution in [2.75, 3.05) is 4.90 Å². The highest BCUT2D eigenvalue weighted by Gasteiger charge is 2.33. The summed E-state index contributed by atoms with van der Waals surface area (Å²) in [6.45, 7) is 0.269. The van der Waals surface area contributed by atoms with Gasteiger partial charge in [-0.1, -0.05) is 70.9 Å². The fraction of sp³-hybridized carbons (Fsp3) is 0.0435.